The summed E-state index contributed by atoms with van der Waals surface area (Å²) < 4.78 is 74.8. The van der Waals surface area contributed by atoms with Crippen LogP contribution in [0.2, 0.25) is 0 Å². The molecule has 3 nitrogen and oxygen atoms in total. The fourth-order valence-electron chi connectivity index (χ4n) is 1.02. The Labute approximate surface area is 95.1 Å². The van der Waals surface area contributed by atoms with Crippen molar-refractivity contribution < 1.29 is 30.2 Å². The maximum absolute atomic E-state index is 13.2. The molecule has 0 heterocycles. The van der Waals surface area contributed by atoms with Gasteiger partial charge in [-0.15, -0.1) is 0 Å². The molecule has 0 N–H and O–H groups in total. The van der Waals surface area contributed by atoms with Gasteiger partial charge in [-0.05, 0) is 24.6 Å². The average molecular weight is 272 g/mol. The highest BCUT2D eigenvalue weighted by atomic mass is 32.2. The smallest absolute Gasteiger partial charge is 0.257 e. The Bertz CT molecular complexity index is 507. The van der Waals surface area contributed by atoms with Crippen molar-refractivity contribution in [3.8, 4) is 0 Å². The molecule has 8 heteroatoms. The summed E-state index contributed by atoms with van der Waals surface area (Å²) in [6.07, 6.45) is -4.80. The van der Waals surface area contributed by atoms with E-state index in [1.54, 1.807) is 0 Å². The van der Waals surface area contributed by atoms with Crippen LogP contribution < -0.4 is 0 Å². The Morgan fingerprint density at radius 1 is 1.29 bits per heavy atom. The van der Waals surface area contributed by atoms with Crippen LogP contribution in [0.25, 0.3) is 0 Å². The highest BCUT2D eigenvalue weighted by Crippen LogP contribution is 2.21. The molecule has 0 aliphatic carbocycles. The molecule has 0 aromatic heterocycles. The SMILES string of the molecule is Cc1ccc(S(=O)(=O)OCC(F)(F)F)c(F)c1. The second kappa shape index (κ2) is 4.61. The molecule has 1 aromatic carbocycles. The molecule has 0 bridgehead atoms. The first-order valence-corrected chi connectivity index (χ1v) is 5.75. The summed E-state index contributed by atoms with van der Waals surface area (Å²) in [5.41, 5.74) is 0.442. The third kappa shape index (κ3) is 3.97. The van der Waals surface area contributed by atoms with Crippen molar-refractivity contribution in [3.63, 3.8) is 0 Å². The fraction of sp³-hybridized carbons (Fsp3) is 0.333. The highest BCUT2D eigenvalue weighted by Gasteiger charge is 2.32. The van der Waals surface area contributed by atoms with Crippen LogP contribution in [-0.4, -0.2) is 21.2 Å². The van der Waals surface area contributed by atoms with Crippen molar-refractivity contribution in [2.45, 2.75) is 18.0 Å². The van der Waals surface area contributed by atoms with Crippen molar-refractivity contribution in [2.24, 2.45) is 0 Å². The van der Waals surface area contributed by atoms with Crippen LogP contribution in [-0.2, 0) is 14.3 Å². The van der Waals surface area contributed by atoms with Gasteiger partial charge in [0, 0.05) is 0 Å². The van der Waals surface area contributed by atoms with Gasteiger partial charge in [0.1, 0.15) is 10.7 Å². The van der Waals surface area contributed by atoms with E-state index in [1.807, 2.05) is 0 Å². The Morgan fingerprint density at radius 2 is 1.88 bits per heavy atom. The molecular weight excluding hydrogens is 264 g/mol. The Balaban J connectivity index is 2.98. The topological polar surface area (TPSA) is 43.4 Å². The van der Waals surface area contributed by atoms with Gasteiger partial charge in [0.25, 0.3) is 10.1 Å². The molecule has 0 unspecified atom stereocenters. The third-order valence-corrected chi connectivity index (χ3v) is 3.03. The molecule has 0 aliphatic heterocycles. The third-order valence-electron chi connectivity index (χ3n) is 1.73. The van der Waals surface area contributed by atoms with Gasteiger partial charge in [-0.25, -0.2) is 4.39 Å². The normalized spacial score (nSPS) is 12.8. The molecule has 0 radical (unpaired) electrons. The number of alkyl halides is 3. The van der Waals surface area contributed by atoms with Gasteiger partial charge < -0.3 is 0 Å². The maximum atomic E-state index is 13.2. The van der Waals surface area contributed by atoms with Crippen LogP contribution in [0, 0.1) is 12.7 Å². The quantitative estimate of drug-likeness (QED) is 0.627. The van der Waals surface area contributed by atoms with Crippen LogP contribution >= 0.6 is 0 Å². The summed E-state index contributed by atoms with van der Waals surface area (Å²) in [7, 11) is -4.74. The number of rotatable bonds is 3. The summed E-state index contributed by atoms with van der Waals surface area (Å²) in [5.74, 6) is -1.15. The first kappa shape index (κ1) is 13.9. The van der Waals surface area contributed by atoms with Crippen molar-refractivity contribution in [1.82, 2.24) is 0 Å². The van der Waals surface area contributed by atoms with Gasteiger partial charge in [0.15, 0.2) is 6.61 Å². The standard InChI is InChI=1S/C9H8F4O3S/c1-6-2-3-8(7(10)4-6)17(14,15)16-5-9(11,12)13/h2-4H,5H2,1H3. The molecule has 0 fully saturated rings. The van der Waals surface area contributed by atoms with E-state index in [0.29, 0.717) is 5.56 Å². The monoisotopic (exact) mass is 272 g/mol. The van der Waals surface area contributed by atoms with Crippen LogP contribution in [0.1, 0.15) is 5.56 Å². The van der Waals surface area contributed by atoms with E-state index in [2.05, 4.69) is 4.18 Å². The molecule has 0 amide bonds. The second-order valence-corrected chi connectivity index (χ2v) is 4.85. The zero-order valence-electron chi connectivity index (χ0n) is 8.58. The van der Waals surface area contributed by atoms with Gasteiger partial charge in [-0.1, -0.05) is 6.07 Å². The molecular formula is C9H8F4O3S. The van der Waals surface area contributed by atoms with E-state index in [1.165, 1.54) is 13.0 Å². The van der Waals surface area contributed by atoms with Crippen molar-refractivity contribution in [3.05, 3.63) is 29.6 Å². The number of hydrogen-bond acceptors (Lipinski definition) is 3. The van der Waals surface area contributed by atoms with Crippen molar-refractivity contribution >= 4 is 10.1 Å². The molecule has 96 valence electrons. The molecule has 0 saturated heterocycles. The second-order valence-electron chi connectivity index (χ2n) is 3.27. The molecule has 17 heavy (non-hydrogen) atoms. The van der Waals surface area contributed by atoms with Crippen LogP contribution in [0.4, 0.5) is 17.6 Å². The molecule has 1 aromatic rings. The predicted octanol–water partition coefficient (Wildman–Crippen LogP) is 2.40. The van der Waals surface area contributed by atoms with E-state index in [4.69, 9.17) is 0 Å². The Morgan fingerprint density at radius 3 is 2.35 bits per heavy atom. The van der Waals surface area contributed by atoms with Gasteiger partial charge in [0.2, 0.25) is 0 Å². The van der Waals surface area contributed by atoms with E-state index in [9.17, 15) is 26.0 Å². The van der Waals surface area contributed by atoms with Crippen LogP contribution in [0.3, 0.4) is 0 Å². The van der Waals surface area contributed by atoms with Crippen LogP contribution in [0.15, 0.2) is 23.1 Å². The highest BCUT2D eigenvalue weighted by molar-refractivity contribution is 7.86. The molecule has 0 saturated carbocycles. The minimum absolute atomic E-state index is 0.442. The van der Waals surface area contributed by atoms with Crippen molar-refractivity contribution in [2.75, 3.05) is 6.61 Å². The molecule has 1 rings (SSSR count). The number of benzene rings is 1. The number of hydrogen-bond donors (Lipinski definition) is 0. The van der Waals surface area contributed by atoms with Crippen molar-refractivity contribution in [1.29, 1.82) is 0 Å². The molecule has 0 spiro atoms. The lowest BCUT2D eigenvalue weighted by atomic mass is 10.2. The fourth-order valence-corrected chi connectivity index (χ4v) is 1.96. The van der Waals surface area contributed by atoms with E-state index in [0.717, 1.165) is 12.1 Å². The summed E-state index contributed by atoms with van der Waals surface area (Å²) in [5, 5.41) is 0. The number of aryl methyl sites for hydroxylation is 1. The maximum Gasteiger partial charge on any atom is 0.413 e. The molecule has 0 aliphatic rings. The van der Waals surface area contributed by atoms with Gasteiger partial charge in [-0.2, -0.15) is 21.6 Å². The summed E-state index contributed by atoms with van der Waals surface area (Å²) in [6, 6.07) is 3.01. The predicted molar refractivity (Wildman–Crippen MR) is 50.3 cm³/mol. The van der Waals surface area contributed by atoms with Gasteiger partial charge in [-0.3, -0.25) is 4.18 Å². The minimum atomic E-state index is -4.80. The lowest BCUT2D eigenvalue weighted by Crippen LogP contribution is -2.21. The van der Waals surface area contributed by atoms with Gasteiger partial charge >= 0.3 is 6.18 Å². The lowest BCUT2D eigenvalue weighted by Gasteiger charge is -2.09. The van der Waals surface area contributed by atoms with E-state index in [-0.39, 0.29) is 0 Å². The Kier molecular flexibility index (Phi) is 3.78. The molecule has 0 atom stereocenters. The van der Waals surface area contributed by atoms with E-state index >= 15 is 0 Å². The first-order valence-electron chi connectivity index (χ1n) is 4.34. The Hall–Kier alpha value is -1.15. The minimum Gasteiger partial charge on any atom is -0.257 e. The largest absolute Gasteiger partial charge is 0.413 e. The van der Waals surface area contributed by atoms with E-state index < -0.39 is 33.6 Å². The lowest BCUT2D eigenvalue weighted by molar-refractivity contribution is -0.152. The summed E-state index contributed by atoms with van der Waals surface area (Å²) in [4.78, 5) is -0.910. The zero-order chi connectivity index (χ0) is 13.3. The zero-order valence-corrected chi connectivity index (χ0v) is 9.40. The number of halogens is 4. The summed E-state index contributed by atoms with van der Waals surface area (Å²) in [6.45, 7) is -0.474. The first-order chi connectivity index (χ1) is 7.62. The average Bonchev–Trinajstić information content (AvgIpc) is 2.13. The summed E-state index contributed by atoms with van der Waals surface area (Å²) >= 11 is 0. The van der Waals surface area contributed by atoms with Crippen LogP contribution in [0.5, 0.6) is 0 Å². The van der Waals surface area contributed by atoms with Gasteiger partial charge in [0.05, 0.1) is 0 Å².